The number of halogens is 1. The molecule has 0 bridgehead atoms. The third-order valence-corrected chi connectivity index (χ3v) is 3.55. The number of ether oxygens (including phenoxy) is 2. The smallest absolute Gasteiger partial charge is 0.311 e. The number of nitrogens with one attached hydrogen (secondary N) is 2. The standard InChI is InChI=1S/C9H13N3O3.C8H10ClN3O3/c1-3-15-6-10-9-8(12(13)14)5-4-7(2)11-9;1-2-15-5-10-8-6(12(13)14)3-4-7(9)11-8/h4-5H,3,6H2,1-2H3,(H,10,11);3-4H,2,5H2,1H3,(H,10,11). The highest BCUT2D eigenvalue weighted by Gasteiger charge is 2.15. The lowest BCUT2D eigenvalue weighted by molar-refractivity contribution is -0.384. The molecule has 0 aliphatic carbocycles. The molecule has 30 heavy (non-hydrogen) atoms. The molecular formula is C17H23ClN6O6. The summed E-state index contributed by atoms with van der Waals surface area (Å²) in [4.78, 5) is 28.1. The van der Waals surface area contributed by atoms with E-state index >= 15 is 0 Å². The number of hydrogen-bond acceptors (Lipinski definition) is 10. The molecule has 0 unspecified atom stereocenters. The molecule has 0 aromatic carbocycles. The van der Waals surface area contributed by atoms with Crippen molar-refractivity contribution in [2.45, 2.75) is 20.8 Å². The molecule has 12 nitrogen and oxygen atoms in total. The molecule has 0 saturated carbocycles. The second-order valence-corrected chi connectivity index (χ2v) is 5.85. The molecule has 2 heterocycles. The molecule has 0 amide bonds. The first-order valence-electron chi connectivity index (χ1n) is 8.86. The number of nitro groups is 2. The van der Waals surface area contributed by atoms with Crippen LogP contribution in [0, 0.1) is 27.2 Å². The fraction of sp³-hybridized carbons (Fsp3) is 0.412. The average molecular weight is 443 g/mol. The van der Waals surface area contributed by atoms with Crippen LogP contribution in [-0.2, 0) is 9.47 Å². The van der Waals surface area contributed by atoms with Crippen molar-refractivity contribution in [3.05, 3.63) is 55.3 Å². The van der Waals surface area contributed by atoms with Gasteiger partial charge in [0.1, 0.15) is 18.6 Å². The van der Waals surface area contributed by atoms with E-state index in [4.69, 9.17) is 21.1 Å². The van der Waals surface area contributed by atoms with Gasteiger partial charge in [-0.05, 0) is 32.9 Å². The van der Waals surface area contributed by atoms with E-state index in [0.717, 1.165) is 5.69 Å². The molecule has 164 valence electrons. The lowest BCUT2D eigenvalue weighted by Gasteiger charge is -2.06. The highest BCUT2D eigenvalue weighted by atomic mass is 35.5. The van der Waals surface area contributed by atoms with E-state index in [1.807, 2.05) is 13.8 Å². The molecule has 0 aliphatic rings. The zero-order valence-corrected chi connectivity index (χ0v) is 17.5. The lowest BCUT2D eigenvalue weighted by atomic mass is 10.3. The molecule has 0 radical (unpaired) electrons. The Labute approximate surface area is 177 Å². The second kappa shape index (κ2) is 13.2. The zero-order valence-electron chi connectivity index (χ0n) is 16.8. The van der Waals surface area contributed by atoms with Crippen molar-refractivity contribution in [2.24, 2.45) is 0 Å². The van der Waals surface area contributed by atoms with Crippen LogP contribution in [0.4, 0.5) is 23.0 Å². The van der Waals surface area contributed by atoms with Crippen LogP contribution < -0.4 is 10.6 Å². The van der Waals surface area contributed by atoms with Crippen molar-refractivity contribution in [1.29, 1.82) is 0 Å². The Bertz CT molecular complexity index is 784. The van der Waals surface area contributed by atoms with Crippen LogP contribution in [0.3, 0.4) is 0 Å². The Hall–Kier alpha value is -3.09. The molecule has 2 aromatic heterocycles. The summed E-state index contributed by atoms with van der Waals surface area (Å²) < 4.78 is 10.0. The van der Waals surface area contributed by atoms with Gasteiger partial charge in [0, 0.05) is 31.0 Å². The minimum Gasteiger partial charge on any atom is -0.362 e. The number of nitrogens with zero attached hydrogens (tertiary/aromatic N) is 4. The Morgan fingerprint density at radius 2 is 1.37 bits per heavy atom. The summed E-state index contributed by atoms with van der Waals surface area (Å²) >= 11 is 5.62. The fourth-order valence-corrected chi connectivity index (χ4v) is 2.12. The summed E-state index contributed by atoms with van der Waals surface area (Å²) in [6.07, 6.45) is 0. The molecule has 0 spiro atoms. The van der Waals surface area contributed by atoms with Crippen LogP contribution in [0.15, 0.2) is 24.3 Å². The summed E-state index contributed by atoms with van der Waals surface area (Å²) in [5, 5.41) is 26.9. The summed E-state index contributed by atoms with van der Waals surface area (Å²) in [5.74, 6) is 0.356. The largest absolute Gasteiger partial charge is 0.362 e. The molecule has 0 aliphatic heterocycles. The molecule has 2 aromatic rings. The third kappa shape index (κ3) is 8.51. The topological polar surface area (TPSA) is 155 Å². The summed E-state index contributed by atoms with van der Waals surface area (Å²) in [7, 11) is 0. The van der Waals surface area contributed by atoms with Crippen LogP contribution in [0.1, 0.15) is 19.5 Å². The maximum Gasteiger partial charge on any atom is 0.311 e. The molecule has 2 N–H and O–H groups in total. The van der Waals surface area contributed by atoms with Gasteiger partial charge in [-0.2, -0.15) is 0 Å². The quantitative estimate of drug-likeness (QED) is 0.182. The Balaban J connectivity index is 0.000000300. The van der Waals surface area contributed by atoms with Crippen LogP contribution >= 0.6 is 11.6 Å². The number of pyridine rings is 2. The van der Waals surface area contributed by atoms with Crippen LogP contribution in [0.25, 0.3) is 0 Å². The molecule has 0 atom stereocenters. The number of aromatic nitrogens is 2. The highest BCUT2D eigenvalue weighted by molar-refractivity contribution is 6.29. The highest BCUT2D eigenvalue weighted by Crippen LogP contribution is 2.23. The normalized spacial score (nSPS) is 10.0. The van der Waals surface area contributed by atoms with E-state index in [2.05, 4.69) is 20.6 Å². The number of anilines is 2. The number of rotatable bonds is 10. The van der Waals surface area contributed by atoms with E-state index in [0.29, 0.717) is 13.2 Å². The minimum absolute atomic E-state index is 0.0414. The first-order chi connectivity index (χ1) is 14.3. The maximum atomic E-state index is 10.7. The predicted molar refractivity (Wildman–Crippen MR) is 112 cm³/mol. The maximum absolute atomic E-state index is 10.7. The fourth-order valence-electron chi connectivity index (χ4n) is 1.98. The van der Waals surface area contributed by atoms with E-state index in [9.17, 15) is 20.2 Å². The predicted octanol–water partition coefficient (Wildman–Crippen LogP) is 3.75. The van der Waals surface area contributed by atoms with E-state index < -0.39 is 9.85 Å². The van der Waals surface area contributed by atoms with Crippen LogP contribution in [-0.4, -0.2) is 46.5 Å². The molecule has 0 fully saturated rings. The van der Waals surface area contributed by atoms with Gasteiger partial charge in [-0.25, -0.2) is 9.97 Å². The van der Waals surface area contributed by atoms with Gasteiger partial charge in [-0.3, -0.25) is 20.2 Å². The lowest BCUT2D eigenvalue weighted by Crippen LogP contribution is -2.09. The van der Waals surface area contributed by atoms with Gasteiger partial charge in [0.25, 0.3) is 0 Å². The number of hydrogen-bond donors (Lipinski definition) is 2. The average Bonchev–Trinajstić information content (AvgIpc) is 2.68. The van der Waals surface area contributed by atoms with Crippen LogP contribution in [0.2, 0.25) is 5.15 Å². The van der Waals surface area contributed by atoms with Crippen LogP contribution in [0.5, 0.6) is 0 Å². The van der Waals surface area contributed by atoms with Gasteiger partial charge in [-0.15, -0.1) is 0 Å². The number of aryl methyl sites for hydroxylation is 1. The summed E-state index contributed by atoms with van der Waals surface area (Å²) in [6.45, 7) is 6.88. The summed E-state index contributed by atoms with van der Waals surface area (Å²) in [5.41, 5.74) is 0.555. The monoisotopic (exact) mass is 442 g/mol. The first-order valence-corrected chi connectivity index (χ1v) is 9.24. The van der Waals surface area contributed by atoms with Crippen molar-refractivity contribution < 1.29 is 19.3 Å². The van der Waals surface area contributed by atoms with E-state index in [1.165, 1.54) is 18.2 Å². The van der Waals surface area contributed by atoms with Gasteiger partial charge in [0.05, 0.1) is 9.85 Å². The molecule has 13 heteroatoms. The molecule has 0 saturated heterocycles. The Morgan fingerprint density at radius 3 is 1.83 bits per heavy atom. The second-order valence-electron chi connectivity index (χ2n) is 5.46. The SMILES string of the molecule is CCOCNc1nc(C)ccc1[N+](=O)[O-].CCOCNc1nc(Cl)ccc1[N+](=O)[O-]. The molecule has 2 rings (SSSR count). The van der Waals surface area contributed by atoms with Crippen molar-refractivity contribution in [1.82, 2.24) is 9.97 Å². The van der Waals surface area contributed by atoms with Crippen molar-refractivity contribution in [2.75, 3.05) is 37.3 Å². The Kier molecular flexibility index (Phi) is 11.0. The summed E-state index contributed by atoms with van der Waals surface area (Å²) in [6, 6.07) is 5.69. The van der Waals surface area contributed by atoms with Gasteiger partial charge >= 0.3 is 11.4 Å². The molecular weight excluding hydrogens is 420 g/mol. The van der Waals surface area contributed by atoms with Gasteiger partial charge in [0.2, 0.25) is 11.6 Å². The van der Waals surface area contributed by atoms with E-state index in [-0.39, 0.29) is 41.6 Å². The van der Waals surface area contributed by atoms with Gasteiger partial charge in [-0.1, -0.05) is 11.6 Å². The van der Waals surface area contributed by atoms with Crippen molar-refractivity contribution in [3.8, 4) is 0 Å². The van der Waals surface area contributed by atoms with E-state index in [1.54, 1.807) is 13.0 Å². The van der Waals surface area contributed by atoms with Gasteiger partial charge < -0.3 is 20.1 Å². The zero-order chi connectivity index (χ0) is 22.5. The van der Waals surface area contributed by atoms with Gasteiger partial charge in [0.15, 0.2) is 0 Å². The van der Waals surface area contributed by atoms with Crippen molar-refractivity contribution >= 4 is 34.6 Å². The Morgan fingerprint density at radius 1 is 0.900 bits per heavy atom. The van der Waals surface area contributed by atoms with Crippen molar-refractivity contribution in [3.63, 3.8) is 0 Å². The first kappa shape index (κ1) is 24.9. The minimum atomic E-state index is -0.530. The third-order valence-electron chi connectivity index (χ3n) is 3.34.